The number of fused-ring (bicyclic) bond motifs is 1. The van der Waals surface area contributed by atoms with E-state index in [9.17, 15) is 4.79 Å². The van der Waals surface area contributed by atoms with Gasteiger partial charge in [0.05, 0.1) is 18.3 Å². The molecule has 1 unspecified atom stereocenters. The minimum atomic E-state index is -0.268. The fourth-order valence-corrected chi connectivity index (χ4v) is 2.45. The number of hydrogen-bond acceptors (Lipinski definition) is 3. The summed E-state index contributed by atoms with van der Waals surface area (Å²) >= 11 is 0. The molecule has 1 aliphatic heterocycles. The first-order valence-corrected chi connectivity index (χ1v) is 7.02. The molecule has 0 spiro atoms. The van der Waals surface area contributed by atoms with Crippen LogP contribution in [0.5, 0.6) is 0 Å². The molecule has 1 aromatic carbocycles. The second-order valence-electron chi connectivity index (χ2n) is 4.89. The summed E-state index contributed by atoms with van der Waals surface area (Å²) in [4.78, 5) is 14.0. The van der Waals surface area contributed by atoms with Crippen LogP contribution in [0.3, 0.4) is 0 Å². The topological polar surface area (TPSA) is 55.6 Å². The fraction of sp³-hybridized carbons (Fsp3) is 0.533. The Morgan fingerprint density at radius 2 is 2.26 bits per heavy atom. The van der Waals surface area contributed by atoms with E-state index in [1.165, 1.54) is 5.56 Å². The summed E-state index contributed by atoms with van der Waals surface area (Å²) in [6.45, 7) is 3.02. The third kappa shape index (κ3) is 3.07. The first-order valence-electron chi connectivity index (χ1n) is 7.02. The van der Waals surface area contributed by atoms with Crippen molar-refractivity contribution in [1.29, 1.82) is 0 Å². The van der Waals surface area contributed by atoms with Gasteiger partial charge in [-0.2, -0.15) is 0 Å². The lowest BCUT2D eigenvalue weighted by atomic mass is 9.96. The molecule has 4 nitrogen and oxygen atoms in total. The second-order valence-corrected chi connectivity index (χ2v) is 4.89. The zero-order valence-corrected chi connectivity index (χ0v) is 11.5. The maximum absolute atomic E-state index is 12.3. The highest BCUT2D eigenvalue weighted by Gasteiger charge is 2.30. The van der Waals surface area contributed by atoms with E-state index in [-0.39, 0.29) is 12.1 Å². The summed E-state index contributed by atoms with van der Waals surface area (Å²) < 4.78 is 5.34. The number of nitrogens with two attached hydrogens (primary N) is 1. The standard InChI is InChI=1S/C15H22N2O2/c1-2-3-10-19-15(18)17-13(11-16)9-8-12-6-4-5-7-14(12)17/h4-7,13H,2-3,8-11,16H2,1H3. The molecule has 2 rings (SSSR count). The van der Waals surface area contributed by atoms with E-state index in [2.05, 4.69) is 13.0 Å². The van der Waals surface area contributed by atoms with Gasteiger partial charge in [-0.3, -0.25) is 4.90 Å². The van der Waals surface area contributed by atoms with E-state index in [0.29, 0.717) is 13.2 Å². The number of hydrogen-bond donors (Lipinski definition) is 1. The predicted molar refractivity (Wildman–Crippen MR) is 76.3 cm³/mol. The van der Waals surface area contributed by atoms with Gasteiger partial charge in [-0.15, -0.1) is 0 Å². The predicted octanol–water partition coefficient (Wildman–Crippen LogP) is 2.70. The van der Waals surface area contributed by atoms with Gasteiger partial charge in [0.15, 0.2) is 0 Å². The number of rotatable bonds is 4. The van der Waals surface area contributed by atoms with Crippen molar-refractivity contribution in [2.75, 3.05) is 18.1 Å². The molecule has 0 aromatic heterocycles. The molecule has 0 saturated carbocycles. The zero-order chi connectivity index (χ0) is 13.7. The van der Waals surface area contributed by atoms with Crippen molar-refractivity contribution >= 4 is 11.8 Å². The lowest BCUT2D eigenvalue weighted by Gasteiger charge is -2.35. The quantitative estimate of drug-likeness (QED) is 0.849. The van der Waals surface area contributed by atoms with Gasteiger partial charge in [0.25, 0.3) is 0 Å². The molecule has 4 heteroatoms. The molecule has 1 amide bonds. The van der Waals surface area contributed by atoms with Crippen LogP contribution in [0.25, 0.3) is 0 Å². The number of benzene rings is 1. The third-order valence-electron chi connectivity index (χ3n) is 3.56. The lowest BCUT2D eigenvalue weighted by molar-refractivity contribution is 0.148. The molecule has 0 radical (unpaired) electrons. The van der Waals surface area contributed by atoms with Crippen LogP contribution in [0.2, 0.25) is 0 Å². The van der Waals surface area contributed by atoms with Gasteiger partial charge in [0, 0.05) is 6.54 Å². The molecule has 0 saturated heterocycles. The van der Waals surface area contributed by atoms with Crippen LogP contribution < -0.4 is 10.6 Å². The SMILES string of the molecule is CCCCOC(=O)N1c2ccccc2CCC1CN. The number of ether oxygens (including phenoxy) is 1. The van der Waals surface area contributed by atoms with E-state index in [1.54, 1.807) is 4.90 Å². The van der Waals surface area contributed by atoms with E-state index < -0.39 is 0 Å². The summed E-state index contributed by atoms with van der Waals surface area (Å²) in [6.07, 6.45) is 3.52. The first-order chi connectivity index (χ1) is 9.27. The Bertz CT molecular complexity index is 434. The number of nitrogens with zero attached hydrogens (tertiary/aromatic N) is 1. The molecule has 1 aromatic rings. The van der Waals surface area contributed by atoms with Gasteiger partial charge < -0.3 is 10.5 Å². The van der Waals surface area contributed by atoms with Crippen LogP contribution in [0.4, 0.5) is 10.5 Å². The zero-order valence-electron chi connectivity index (χ0n) is 11.5. The highest BCUT2D eigenvalue weighted by Crippen LogP contribution is 2.30. The van der Waals surface area contributed by atoms with Crippen LogP contribution in [-0.4, -0.2) is 25.3 Å². The Morgan fingerprint density at radius 3 is 3.00 bits per heavy atom. The van der Waals surface area contributed by atoms with E-state index in [0.717, 1.165) is 31.4 Å². The van der Waals surface area contributed by atoms with Crippen molar-refractivity contribution in [2.24, 2.45) is 5.73 Å². The second kappa shape index (κ2) is 6.57. The number of aryl methyl sites for hydroxylation is 1. The summed E-state index contributed by atoms with van der Waals surface area (Å²) in [6, 6.07) is 8.03. The van der Waals surface area contributed by atoms with Crippen molar-refractivity contribution < 1.29 is 9.53 Å². The Labute approximate surface area is 114 Å². The van der Waals surface area contributed by atoms with Gasteiger partial charge in [0.2, 0.25) is 0 Å². The molecule has 104 valence electrons. The molecule has 1 aliphatic rings. The number of unbranched alkanes of at least 4 members (excludes halogenated alkanes) is 1. The molecule has 1 heterocycles. The van der Waals surface area contributed by atoms with Crippen LogP contribution in [0, 0.1) is 0 Å². The Hall–Kier alpha value is -1.55. The van der Waals surface area contributed by atoms with Gasteiger partial charge in [-0.1, -0.05) is 31.5 Å². The summed E-state index contributed by atoms with van der Waals surface area (Å²) in [5, 5.41) is 0. The van der Waals surface area contributed by atoms with Gasteiger partial charge in [-0.05, 0) is 30.9 Å². The Kier molecular flexibility index (Phi) is 4.80. The summed E-state index contributed by atoms with van der Waals surface area (Å²) in [5.41, 5.74) is 7.94. The average molecular weight is 262 g/mol. The highest BCUT2D eigenvalue weighted by molar-refractivity contribution is 5.90. The van der Waals surface area contributed by atoms with E-state index in [4.69, 9.17) is 10.5 Å². The van der Waals surface area contributed by atoms with Gasteiger partial charge >= 0.3 is 6.09 Å². The molecular weight excluding hydrogens is 240 g/mol. The Balaban J connectivity index is 2.17. The maximum atomic E-state index is 12.3. The molecule has 2 N–H and O–H groups in total. The van der Waals surface area contributed by atoms with Crippen LogP contribution >= 0.6 is 0 Å². The van der Waals surface area contributed by atoms with Crippen LogP contribution in [0.1, 0.15) is 31.7 Å². The van der Waals surface area contributed by atoms with E-state index >= 15 is 0 Å². The normalized spacial score (nSPS) is 18.0. The molecule has 0 aliphatic carbocycles. The molecule has 19 heavy (non-hydrogen) atoms. The van der Waals surface area contributed by atoms with Crippen molar-refractivity contribution in [1.82, 2.24) is 0 Å². The number of para-hydroxylation sites is 1. The monoisotopic (exact) mass is 262 g/mol. The van der Waals surface area contributed by atoms with Gasteiger partial charge in [0.1, 0.15) is 0 Å². The molecule has 1 atom stereocenters. The average Bonchev–Trinajstić information content (AvgIpc) is 2.46. The largest absolute Gasteiger partial charge is 0.449 e. The first kappa shape index (κ1) is 13.9. The van der Waals surface area contributed by atoms with Crippen molar-refractivity contribution in [3.8, 4) is 0 Å². The molecule has 0 bridgehead atoms. The minimum absolute atomic E-state index is 0.0454. The number of anilines is 1. The van der Waals surface area contributed by atoms with E-state index in [1.807, 2.05) is 18.2 Å². The fourth-order valence-electron chi connectivity index (χ4n) is 2.45. The van der Waals surface area contributed by atoms with Crippen LogP contribution in [0.15, 0.2) is 24.3 Å². The van der Waals surface area contributed by atoms with Crippen LogP contribution in [-0.2, 0) is 11.2 Å². The Morgan fingerprint density at radius 1 is 1.47 bits per heavy atom. The molecular formula is C15H22N2O2. The van der Waals surface area contributed by atoms with Crippen molar-refractivity contribution in [2.45, 2.75) is 38.6 Å². The number of carbonyl (C=O) groups excluding carboxylic acids is 1. The lowest BCUT2D eigenvalue weighted by Crippen LogP contribution is -2.48. The van der Waals surface area contributed by atoms with Crippen molar-refractivity contribution in [3.05, 3.63) is 29.8 Å². The van der Waals surface area contributed by atoms with Gasteiger partial charge in [-0.25, -0.2) is 4.79 Å². The smallest absolute Gasteiger partial charge is 0.414 e. The summed E-state index contributed by atoms with van der Waals surface area (Å²) in [7, 11) is 0. The minimum Gasteiger partial charge on any atom is -0.449 e. The summed E-state index contributed by atoms with van der Waals surface area (Å²) in [5.74, 6) is 0. The number of carbonyl (C=O) groups is 1. The molecule has 0 fully saturated rings. The number of amides is 1. The van der Waals surface area contributed by atoms with Crippen molar-refractivity contribution in [3.63, 3.8) is 0 Å². The highest BCUT2D eigenvalue weighted by atomic mass is 16.6. The maximum Gasteiger partial charge on any atom is 0.414 e. The third-order valence-corrected chi connectivity index (χ3v) is 3.56.